The number of amides is 1. The first-order valence-corrected chi connectivity index (χ1v) is 10.2. The number of benzene rings is 1. The predicted octanol–water partition coefficient (Wildman–Crippen LogP) is 2.19. The molecule has 160 valence electrons. The second kappa shape index (κ2) is 8.55. The molecule has 0 bridgehead atoms. The number of ether oxygens (including phenoxy) is 1. The summed E-state index contributed by atoms with van der Waals surface area (Å²) in [4.78, 5) is 33.1. The van der Waals surface area contributed by atoms with E-state index >= 15 is 0 Å². The molecular formula is C22H24N6O3. The summed E-state index contributed by atoms with van der Waals surface area (Å²) in [6.45, 7) is 3.53. The van der Waals surface area contributed by atoms with Crippen molar-refractivity contribution in [1.82, 2.24) is 25.1 Å². The molecule has 1 aromatic carbocycles. The van der Waals surface area contributed by atoms with Gasteiger partial charge in [-0.25, -0.2) is 9.67 Å². The van der Waals surface area contributed by atoms with Gasteiger partial charge in [-0.05, 0) is 32.8 Å². The van der Waals surface area contributed by atoms with Crippen molar-refractivity contribution in [2.75, 3.05) is 12.3 Å². The van der Waals surface area contributed by atoms with Gasteiger partial charge in [-0.2, -0.15) is 10.1 Å². The van der Waals surface area contributed by atoms with Crippen LogP contribution in [0.1, 0.15) is 32.7 Å². The summed E-state index contributed by atoms with van der Waals surface area (Å²) in [5, 5.41) is 7.38. The lowest BCUT2D eigenvalue weighted by molar-refractivity contribution is -0.123. The summed E-state index contributed by atoms with van der Waals surface area (Å²) in [6.07, 6.45) is 1.96. The fraction of sp³-hybridized carbons (Fsp3) is 0.318. The van der Waals surface area contributed by atoms with Gasteiger partial charge in [-0.3, -0.25) is 9.59 Å². The first-order valence-electron chi connectivity index (χ1n) is 10.2. The summed E-state index contributed by atoms with van der Waals surface area (Å²) >= 11 is 0. The molecule has 0 aliphatic heterocycles. The predicted molar refractivity (Wildman–Crippen MR) is 116 cm³/mol. The van der Waals surface area contributed by atoms with Crippen LogP contribution in [0.2, 0.25) is 0 Å². The van der Waals surface area contributed by atoms with Crippen LogP contribution in [0.15, 0.2) is 47.3 Å². The van der Waals surface area contributed by atoms with E-state index in [9.17, 15) is 9.59 Å². The maximum atomic E-state index is 12.2. The fourth-order valence-electron chi connectivity index (χ4n) is 3.16. The molecular weight excluding hydrogens is 396 g/mol. The molecule has 2 heterocycles. The lowest BCUT2D eigenvalue weighted by Gasteiger charge is -2.16. The minimum absolute atomic E-state index is 0.0115. The van der Waals surface area contributed by atoms with Crippen molar-refractivity contribution in [3.63, 3.8) is 0 Å². The van der Waals surface area contributed by atoms with Gasteiger partial charge >= 0.3 is 0 Å². The van der Waals surface area contributed by atoms with E-state index in [2.05, 4.69) is 20.4 Å². The zero-order valence-corrected chi connectivity index (χ0v) is 17.4. The molecule has 1 amide bonds. The van der Waals surface area contributed by atoms with Gasteiger partial charge in [0.1, 0.15) is 0 Å². The number of rotatable bonds is 7. The van der Waals surface area contributed by atoms with Gasteiger partial charge in [-0.15, -0.1) is 0 Å². The van der Waals surface area contributed by atoms with Crippen LogP contribution in [-0.4, -0.2) is 38.3 Å². The van der Waals surface area contributed by atoms with Crippen molar-refractivity contribution < 1.29 is 9.53 Å². The molecule has 31 heavy (non-hydrogen) atoms. The van der Waals surface area contributed by atoms with Crippen LogP contribution < -0.4 is 21.3 Å². The van der Waals surface area contributed by atoms with E-state index < -0.39 is 0 Å². The van der Waals surface area contributed by atoms with Gasteiger partial charge in [0.2, 0.25) is 11.8 Å². The molecule has 9 heteroatoms. The van der Waals surface area contributed by atoms with Crippen LogP contribution in [0.5, 0.6) is 5.88 Å². The van der Waals surface area contributed by atoms with E-state index in [-0.39, 0.29) is 42.0 Å². The van der Waals surface area contributed by atoms with Gasteiger partial charge in [-0.1, -0.05) is 30.3 Å². The molecule has 0 radical (unpaired) electrons. The lowest BCUT2D eigenvalue weighted by atomic mass is 10.0. The highest BCUT2D eigenvalue weighted by molar-refractivity contribution is 5.84. The Morgan fingerprint density at radius 3 is 2.61 bits per heavy atom. The highest BCUT2D eigenvalue weighted by Gasteiger charge is 2.25. The third kappa shape index (κ3) is 4.71. The van der Waals surface area contributed by atoms with Gasteiger partial charge in [0.25, 0.3) is 11.5 Å². The van der Waals surface area contributed by atoms with Crippen LogP contribution in [0.3, 0.4) is 0 Å². The average Bonchev–Trinajstić information content (AvgIpc) is 3.57. The third-order valence-corrected chi connectivity index (χ3v) is 4.79. The highest BCUT2D eigenvalue weighted by atomic mass is 16.5. The van der Waals surface area contributed by atoms with Crippen LogP contribution >= 0.6 is 0 Å². The molecule has 9 nitrogen and oxygen atoms in total. The topological polar surface area (TPSA) is 125 Å². The standard InChI is InChI=1S/C22H24N6O3/c1-13(2)28-18(30)11-10-16(27-28)19-20(14-6-4-3-5-7-14)25-22(23)26-21(19)31-12-17(29)24-15-8-9-15/h3-7,10-11,13,15H,8-9,12H2,1-2H3,(H,24,29)(H2,23,25,26). The number of nitrogens with one attached hydrogen (secondary N) is 1. The molecule has 3 N–H and O–H groups in total. The summed E-state index contributed by atoms with van der Waals surface area (Å²) in [5.74, 6) is -0.0804. The molecule has 1 aliphatic carbocycles. The first kappa shape index (κ1) is 20.5. The summed E-state index contributed by atoms with van der Waals surface area (Å²) in [7, 11) is 0. The SMILES string of the molecule is CC(C)n1nc(-c2c(OCC(=O)NC3CC3)nc(N)nc2-c2ccccc2)ccc1=O. The average molecular weight is 420 g/mol. The van der Waals surface area contributed by atoms with Crippen LogP contribution in [0.4, 0.5) is 5.95 Å². The molecule has 0 atom stereocenters. The van der Waals surface area contributed by atoms with Crippen molar-refractivity contribution in [2.45, 2.75) is 38.8 Å². The van der Waals surface area contributed by atoms with Crippen LogP contribution in [-0.2, 0) is 4.79 Å². The Labute approximate surface area is 179 Å². The zero-order chi connectivity index (χ0) is 22.0. The van der Waals surface area contributed by atoms with Gasteiger partial charge < -0.3 is 15.8 Å². The van der Waals surface area contributed by atoms with Crippen molar-refractivity contribution >= 4 is 11.9 Å². The second-order valence-corrected chi connectivity index (χ2v) is 7.70. The molecule has 1 saturated carbocycles. The molecule has 2 aromatic heterocycles. The number of nitrogen functional groups attached to an aromatic ring is 1. The number of hydrogen-bond acceptors (Lipinski definition) is 7. The van der Waals surface area contributed by atoms with E-state index in [4.69, 9.17) is 10.5 Å². The molecule has 0 unspecified atom stereocenters. The Bertz CT molecular complexity index is 1160. The van der Waals surface area contributed by atoms with Gasteiger partial charge in [0, 0.05) is 17.7 Å². The smallest absolute Gasteiger partial charge is 0.267 e. The maximum Gasteiger partial charge on any atom is 0.267 e. The number of carbonyl (C=O) groups excluding carboxylic acids is 1. The van der Waals surface area contributed by atoms with E-state index in [0.717, 1.165) is 18.4 Å². The molecule has 1 aliphatic rings. The minimum Gasteiger partial charge on any atom is -0.467 e. The Kier molecular flexibility index (Phi) is 5.66. The molecule has 3 aromatic rings. The number of carbonyl (C=O) groups is 1. The van der Waals surface area contributed by atoms with Crippen molar-refractivity contribution in [3.8, 4) is 28.4 Å². The Hall–Kier alpha value is -3.75. The Balaban J connectivity index is 1.82. The zero-order valence-electron chi connectivity index (χ0n) is 17.4. The van der Waals surface area contributed by atoms with E-state index in [1.54, 1.807) is 6.07 Å². The number of hydrogen-bond donors (Lipinski definition) is 2. The van der Waals surface area contributed by atoms with Crippen molar-refractivity contribution in [2.24, 2.45) is 0 Å². The number of aromatic nitrogens is 4. The number of anilines is 1. The first-order chi connectivity index (χ1) is 14.9. The molecule has 0 spiro atoms. The monoisotopic (exact) mass is 420 g/mol. The van der Waals surface area contributed by atoms with E-state index in [1.807, 2.05) is 44.2 Å². The summed E-state index contributed by atoms with van der Waals surface area (Å²) < 4.78 is 7.16. The molecule has 0 saturated heterocycles. The normalized spacial score (nSPS) is 13.3. The second-order valence-electron chi connectivity index (χ2n) is 7.70. The summed E-state index contributed by atoms with van der Waals surface area (Å²) in [5.41, 5.74) is 7.95. The number of nitrogens with zero attached hydrogens (tertiary/aromatic N) is 4. The fourth-order valence-corrected chi connectivity index (χ4v) is 3.16. The lowest BCUT2D eigenvalue weighted by Crippen LogP contribution is -2.30. The number of nitrogens with two attached hydrogens (primary N) is 1. The van der Waals surface area contributed by atoms with Crippen molar-refractivity contribution in [1.29, 1.82) is 0 Å². The minimum atomic E-state index is -0.230. The maximum absolute atomic E-state index is 12.2. The molecule has 1 fully saturated rings. The van der Waals surface area contributed by atoms with Gasteiger partial charge in [0.15, 0.2) is 6.61 Å². The third-order valence-electron chi connectivity index (χ3n) is 4.79. The van der Waals surface area contributed by atoms with Gasteiger partial charge in [0.05, 0.1) is 23.0 Å². The largest absolute Gasteiger partial charge is 0.467 e. The van der Waals surface area contributed by atoms with Crippen LogP contribution in [0, 0.1) is 0 Å². The van der Waals surface area contributed by atoms with Crippen LogP contribution in [0.25, 0.3) is 22.5 Å². The highest BCUT2D eigenvalue weighted by Crippen LogP contribution is 2.36. The van der Waals surface area contributed by atoms with E-state index in [1.165, 1.54) is 10.7 Å². The van der Waals surface area contributed by atoms with Crippen molar-refractivity contribution in [3.05, 3.63) is 52.8 Å². The quantitative estimate of drug-likeness (QED) is 0.600. The summed E-state index contributed by atoms with van der Waals surface area (Å²) in [6, 6.07) is 12.5. The Morgan fingerprint density at radius 1 is 1.19 bits per heavy atom. The van der Waals surface area contributed by atoms with E-state index in [0.29, 0.717) is 17.0 Å². The molecule has 4 rings (SSSR count). The Morgan fingerprint density at radius 2 is 1.94 bits per heavy atom.